The second-order valence-corrected chi connectivity index (χ2v) is 8.61. The predicted octanol–water partition coefficient (Wildman–Crippen LogP) is 1.33. The maximum Gasteiger partial charge on any atom is 0.312 e. The first-order chi connectivity index (χ1) is 11.1. The number of hydrogen-bond donors (Lipinski definition) is 1. The lowest BCUT2D eigenvalue weighted by molar-refractivity contribution is -0.152. The average Bonchev–Trinajstić information content (AvgIpc) is 3.08. The molecule has 0 aliphatic carbocycles. The molecule has 3 aliphatic heterocycles. The van der Waals surface area contributed by atoms with E-state index in [9.17, 15) is 9.59 Å². The molecule has 1 atom stereocenters. The largest absolute Gasteiger partial charge is 0.336 e. The lowest BCUT2D eigenvalue weighted by Crippen LogP contribution is -2.51. The van der Waals surface area contributed by atoms with E-state index < -0.39 is 0 Å². The quantitative estimate of drug-likeness (QED) is 0.771. The molecular weight excluding hydrogens is 310 g/mol. The minimum Gasteiger partial charge on any atom is -0.336 e. The third-order valence-corrected chi connectivity index (χ3v) is 6.84. The molecule has 3 aliphatic rings. The smallest absolute Gasteiger partial charge is 0.312 e. The van der Waals surface area contributed by atoms with Gasteiger partial charge >= 0.3 is 11.8 Å². The first kappa shape index (κ1) is 17.1. The van der Waals surface area contributed by atoms with Crippen LogP contribution in [0.2, 0.25) is 0 Å². The van der Waals surface area contributed by atoms with Crippen LogP contribution >= 0.6 is 11.8 Å². The van der Waals surface area contributed by atoms with Gasteiger partial charge in [-0.25, -0.2) is 0 Å². The molecule has 0 radical (unpaired) electrons. The molecule has 5 nitrogen and oxygen atoms in total. The SMILES string of the molecule is CN(C[C@H]1CCCN1)C(=O)C(=O)N1CCC2(CCSCC2)CC1. The van der Waals surface area contributed by atoms with Gasteiger partial charge in [0.1, 0.15) is 0 Å². The number of thioether (sulfide) groups is 1. The van der Waals surface area contributed by atoms with Crippen molar-refractivity contribution in [2.45, 2.75) is 44.6 Å². The maximum atomic E-state index is 12.5. The van der Waals surface area contributed by atoms with Gasteiger partial charge in [-0.2, -0.15) is 11.8 Å². The molecule has 0 bridgehead atoms. The molecule has 0 saturated carbocycles. The number of carbonyl (C=O) groups excluding carboxylic acids is 2. The third-order valence-electron chi connectivity index (χ3n) is 5.85. The number of hydrogen-bond acceptors (Lipinski definition) is 4. The molecule has 23 heavy (non-hydrogen) atoms. The van der Waals surface area contributed by atoms with Gasteiger partial charge in [-0.1, -0.05) is 0 Å². The number of likely N-dealkylation sites (tertiary alicyclic amines) is 1. The van der Waals surface area contributed by atoms with Crippen molar-refractivity contribution in [2.75, 3.05) is 44.7 Å². The van der Waals surface area contributed by atoms with E-state index in [-0.39, 0.29) is 11.8 Å². The summed E-state index contributed by atoms with van der Waals surface area (Å²) in [5, 5.41) is 3.38. The first-order valence-electron chi connectivity index (χ1n) is 8.95. The second-order valence-electron chi connectivity index (χ2n) is 7.38. The number of carbonyl (C=O) groups is 2. The zero-order valence-electron chi connectivity index (χ0n) is 14.2. The molecule has 1 spiro atoms. The van der Waals surface area contributed by atoms with Crippen LogP contribution in [-0.4, -0.2) is 72.4 Å². The topological polar surface area (TPSA) is 52.7 Å². The highest BCUT2D eigenvalue weighted by Crippen LogP contribution is 2.43. The van der Waals surface area contributed by atoms with Gasteiger partial charge in [-0.3, -0.25) is 9.59 Å². The van der Waals surface area contributed by atoms with Crippen LogP contribution in [0.5, 0.6) is 0 Å². The fourth-order valence-corrected chi connectivity index (χ4v) is 5.47. The summed E-state index contributed by atoms with van der Waals surface area (Å²) in [5.41, 5.74) is 0.449. The number of nitrogens with zero attached hydrogens (tertiary/aromatic N) is 2. The van der Waals surface area contributed by atoms with E-state index in [0.29, 0.717) is 18.0 Å². The molecule has 3 heterocycles. The van der Waals surface area contributed by atoms with Gasteiger partial charge in [-0.05, 0) is 62.0 Å². The average molecular weight is 340 g/mol. The zero-order chi connectivity index (χ0) is 16.3. The molecule has 0 unspecified atom stereocenters. The van der Waals surface area contributed by atoms with Crippen LogP contribution in [0.25, 0.3) is 0 Å². The normalized spacial score (nSPS) is 27.2. The number of likely N-dealkylation sites (N-methyl/N-ethyl adjacent to an activating group) is 1. The molecule has 130 valence electrons. The van der Waals surface area contributed by atoms with E-state index in [0.717, 1.165) is 45.3 Å². The van der Waals surface area contributed by atoms with Crippen molar-refractivity contribution >= 4 is 23.6 Å². The maximum absolute atomic E-state index is 12.5. The highest BCUT2D eigenvalue weighted by Gasteiger charge is 2.38. The lowest BCUT2D eigenvalue weighted by atomic mass is 9.74. The van der Waals surface area contributed by atoms with E-state index in [4.69, 9.17) is 0 Å². The Morgan fingerprint density at radius 1 is 1.22 bits per heavy atom. The Hall–Kier alpha value is -0.750. The minimum atomic E-state index is -0.339. The molecule has 0 aromatic heterocycles. The summed E-state index contributed by atoms with van der Waals surface area (Å²) in [6, 6.07) is 0.348. The summed E-state index contributed by atoms with van der Waals surface area (Å²) >= 11 is 2.05. The van der Waals surface area contributed by atoms with Gasteiger partial charge in [0, 0.05) is 32.7 Å². The van der Waals surface area contributed by atoms with Crippen LogP contribution in [0.4, 0.5) is 0 Å². The number of piperidine rings is 1. The summed E-state index contributed by atoms with van der Waals surface area (Å²) in [6.45, 7) is 3.17. The second kappa shape index (κ2) is 7.43. The van der Waals surface area contributed by atoms with Crippen LogP contribution in [-0.2, 0) is 9.59 Å². The Kier molecular flexibility index (Phi) is 5.52. The summed E-state index contributed by atoms with van der Waals surface area (Å²) in [5.74, 6) is 1.87. The molecule has 3 rings (SSSR count). The van der Waals surface area contributed by atoms with E-state index in [1.165, 1.54) is 24.3 Å². The van der Waals surface area contributed by atoms with Gasteiger partial charge < -0.3 is 15.1 Å². The van der Waals surface area contributed by atoms with Crippen molar-refractivity contribution in [2.24, 2.45) is 5.41 Å². The van der Waals surface area contributed by atoms with Crippen LogP contribution in [0.15, 0.2) is 0 Å². The Bertz CT molecular complexity index is 435. The van der Waals surface area contributed by atoms with Gasteiger partial charge in [0.2, 0.25) is 0 Å². The Morgan fingerprint density at radius 2 is 1.91 bits per heavy atom. The molecular formula is C17H29N3O2S. The standard InChI is InChI=1S/C17H29N3O2S/c1-19(13-14-3-2-8-18-14)15(21)16(22)20-9-4-17(5-10-20)6-11-23-12-7-17/h14,18H,2-13H2,1H3/t14-/m1/s1. The van der Waals surface area contributed by atoms with Crippen molar-refractivity contribution in [3.8, 4) is 0 Å². The fourth-order valence-electron chi connectivity index (χ4n) is 4.11. The molecule has 1 N–H and O–H groups in total. The lowest BCUT2D eigenvalue weighted by Gasteiger charge is -2.44. The molecule has 0 aromatic rings. The number of nitrogens with one attached hydrogen (secondary N) is 1. The molecule has 2 amide bonds. The molecule has 3 fully saturated rings. The fraction of sp³-hybridized carbons (Fsp3) is 0.882. The highest BCUT2D eigenvalue weighted by molar-refractivity contribution is 7.99. The summed E-state index contributed by atoms with van der Waals surface area (Å²) in [7, 11) is 1.75. The Labute approximate surface area is 143 Å². The van der Waals surface area contributed by atoms with E-state index in [1.807, 2.05) is 11.8 Å². The van der Waals surface area contributed by atoms with Crippen LogP contribution in [0.1, 0.15) is 38.5 Å². The highest BCUT2D eigenvalue weighted by atomic mass is 32.2. The third kappa shape index (κ3) is 4.02. The van der Waals surface area contributed by atoms with Crippen molar-refractivity contribution in [1.82, 2.24) is 15.1 Å². The predicted molar refractivity (Wildman–Crippen MR) is 93.5 cm³/mol. The van der Waals surface area contributed by atoms with E-state index in [1.54, 1.807) is 16.8 Å². The zero-order valence-corrected chi connectivity index (χ0v) is 15.0. The van der Waals surface area contributed by atoms with Crippen molar-refractivity contribution in [3.05, 3.63) is 0 Å². The summed E-state index contributed by atoms with van der Waals surface area (Å²) < 4.78 is 0. The van der Waals surface area contributed by atoms with Crippen LogP contribution in [0, 0.1) is 5.41 Å². The van der Waals surface area contributed by atoms with Gasteiger partial charge in [0.25, 0.3) is 0 Å². The Balaban J connectivity index is 1.49. The summed E-state index contributed by atoms with van der Waals surface area (Å²) in [6.07, 6.45) is 6.95. The van der Waals surface area contributed by atoms with Crippen LogP contribution in [0.3, 0.4) is 0 Å². The van der Waals surface area contributed by atoms with Crippen molar-refractivity contribution < 1.29 is 9.59 Å². The van der Waals surface area contributed by atoms with Gasteiger partial charge in [0.15, 0.2) is 0 Å². The van der Waals surface area contributed by atoms with Gasteiger partial charge in [-0.15, -0.1) is 0 Å². The minimum absolute atomic E-state index is 0.300. The first-order valence-corrected chi connectivity index (χ1v) is 10.1. The summed E-state index contributed by atoms with van der Waals surface area (Å²) in [4.78, 5) is 28.3. The molecule has 6 heteroatoms. The Morgan fingerprint density at radius 3 is 2.52 bits per heavy atom. The number of amides is 2. The van der Waals surface area contributed by atoms with Crippen LogP contribution < -0.4 is 5.32 Å². The van der Waals surface area contributed by atoms with E-state index >= 15 is 0 Å². The molecule has 3 saturated heterocycles. The monoisotopic (exact) mass is 339 g/mol. The van der Waals surface area contributed by atoms with Crippen molar-refractivity contribution in [1.29, 1.82) is 0 Å². The van der Waals surface area contributed by atoms with Crippen molar-refractivity contribution in [3.63, 3.8) is 0 Å². The molecule has 0 aromatic carbocycles. The number of rotatable bonds is 2. The van der Waals surface area contributed by atoms with Gasteiger partial charge in [0.05, 0.1) is 0 Å². The van der Waals surface area contributed by atoms with E-state index in [2.05, 4.69) is 5.32 Å².